The Kier molecular flexibility index (Phi) is 4.72. The van der Waals surface area contributed by atoms with Crippen LogP contribution in [0.2, 0.25) is 0 Å². The third kappa shape index (κ3) is 3.14. The highest BCUT2D eigenvalue weighted by atomic mass is 79.9. The van der Waals surface area contributed by atoms with Gasteiger partial charge in [0, 0.05) is 23.5 Å². The molecule has 4 nitrogen and oxygen atoms in total. The lowest BCUT2D eigenvalue weighted by Gasteiger charge is -2.36. The number of benzene rings is 1. The molecule has 1 aromatic carbocycles. The smallest absolute Gasteiger partial charge is 0.350 e. The second-order valence-electron chi connectivity index (χ2n) is 6.34. The summed E-state index contributed by atoms with van der Waals surface area (Å²) in [6, 6.07) is 8.79. The van der Waals surface area contributed by atoms with Gasteiger partial charge in [0.15, 0.2) is 0 Å². The number of nitrogens with zero attached hydrogens (tertiary/aromatic N) is 1. The van der Waals surface area contributed by atoms with Crippen LogP contribution in [0.25, 0.3) is 11.0 Å². The van der Waals surface area contributed by atoms with Crippen LogP contribution in [0.3, 0.4) is 0 Å². The summed E-state index contributed by atoms with van der Waals surface area (Å²) < 4.78 is 11.9. The maximum absolute atomic E-state index is 11.6. The maximum atomic E-state index is 11.6. The SMILES string of the molecule is CN1C2CCC1CC(Oc1ccc3cc(Br)c(=O)oc3c1)C2.Cl. The molecule has 3 heterocycles. The minimum Gasteiger partial charge on any atom is -0.490 e. The Balaban J connectivity index is 0.00000156. The van der Waals surface area contributed by atoms with Gasteiger partial charge in [-0.25, -0.2) is 4.79 Å². The average Bonchev–Trinajstić information content (AvgIpc) is 2.71. The number of ether oxygens (including phenoxy) is 1. The minimum absolute atomic E-state index is 0. The number of rotatable bonds is 2. The van der Waals surface area contributed by atoms with Gasteiger partial charge in [-0.3, -0.25) is 0 Å². The number of hydrogen-bond acceptors (Lipinski definition) is 4. The standard InChI is InChI=1S/C17H18BrNO3.ClH/c1-19-11-3-4-12(19)8-14(7-11)21-13-5-2-10-6-15(18)17(20)22-16(10)9-13;/h2,5-6,9,11-12,14H,3-4,7-8H2,1H3;1H. The normalized spacial score (nSPS) is 27.0. The Morgan fingerprint density at radius 3 is 2.61 bits per heavy atom. The van der Waals surface area contributed by atoms with Gasteiger partial charge < -0.3 is 14.1 Å². The van der Waals surface area contributed by atoms with Crippen LogP contribution in [0.1, 0.15) is 25.7 Å². The fourth-order valence-corrected chi connectivity index (χ4v) is 4.12. The zero-order valence-electron chi connectivity index (χ0n) is 12.8. The Bertz CT molecular complexity index is 764. The number of fused-ring (bicyclic) bond motifs is 3. The van der Waals surface area contributed by atoms with E-state index in [0.717, 1.165) is 24.0 Å². The van der Waals surface area contributed by atoms with Crippen molar-refractivity contribution in [1.82, 2.24) is 4.90 Å². The van der Waals surface area contributed by atoms with Gasteiger partial charge in [-0.15, -0.1) is 12.4 Å². The Labute approximate surface area is 149 Å². The van der Waals surface area contributed by atoms with Crippen LogP contribution >= 0.6 is 28.3 Å². The summed E-state index contributed by atoms with van der Waals surface area (Å²) in [7, 11) is 2.22. The van der Waals surface area contributed by atoms with Crippen LogP contribution in [-0.2, 0) is 0 Å². The minimum atomic E-state index is -0.359. The fraction of sp³-hybridized carbons (Fsp3) is 0.471. The zero-order chi connectivity index (χ0) is 15.3. The largest absolute Gasteiger partial charge is 0.490 e. The van der Waals surface area contributed by atoms with Crippen molar-refractivity contribution in [3.63, 3.8) is 0 Å². The lowest BCUT2D eigenvalue weighted by Crippen LogP contribution is -2.43. The zero-order valence-corrected chi connectivity index (χ0v) is 15.2. The number of piperidine rings is 1. The monoisotopic (exact) mass is 399 g/mol. The summed E-state index contributed by atoms with van der Waals surface area (Å²) in [6.45, 7) is 0. The predicted octanol–water partition coefficient (Wildman–Crippen LogP) is 3.98. The summed E-state index contributed by atoms with van der Waals surface area (Å²) in [5.41, 5.74) is 0.212. The van der Waals surface area contributed by atoms with Crippen molar-refractivity contribution in [3.05, 3.63) is 39.2 Å². The lowest BCUT2D eigenvalue weighted by molar-refractivity contribution is 0.0662. The summed E-state index contributed by atoms with van der Waals surface area (Å²) in [5, 5.41) is 0.891. The van der Waals surface area contributed by atoms with E-state index in [1.165, 1.54) is 12.8 Å². The van der Waals surface area contributed by atoms with E-state index in [4.69, 9.17) is 9.15 Å². The van der Waals surface area contributed by atoms with E-state index >= 15 is 0 Å². The van der Waals surface area contributed by atoms with Crippen molar-refractivity contribution < 1.29 is 9.15 Å². The van der Waals surface area contributed by atoms with Crippen LogP contribution in [0.5, 0.6) is 5.75 Å². The molecule has 2 atom stereocenters. The molecule has 2 bridgehead atoms. The fourth-order valence-electron chi connectivity index (χ4n) is 3.79. The van der Waals surface area contributed by atoms with Crippen molar-refractivity contribution in [3.8, 4) is 5.75 Å². The maximum Gasteiger partial charge on any atom is 0.350 e. The molecule has 2 fully saturated rings. The third-order valence-corrected chi connectivity index (χ3v) is 5.58. The molecule has 0 N–H and O–H groups in total. The van der Waals surface area contributed by atoms with Gasteiger partial charge in [0.1, 0.15) is 21.9 Å². The van der Waals surface area contributed by atoms with Crippen LogP contribution in [-0.4, -0.2) is 30.1 Å². The second-order valence-corrected chi connectivity index (χ2v) is 7.20. The van der Waals surface area contributed by atoms with E-state index in [1.54, 1.807) is 6.07 Å². The van der Waals surface area contributed by atoms with Gasteiger partial charge in [-0.1, -0.05) is 0 Å². The van der Waals surface area contributed by atoms with Gasteiger partial charge in [0.25, 0.3) is 0 Å². The molecule has 0 saturated carbocycles. The molecule has 23 heavy (non-hydrogen) atoms. The topological polar surface area (TPSA) is 42.7 Å². The average molecular weight is 401 g/mol. The van der Waals surface area contributed by atoms with Gasteiger partial charge in [0.05, 0.1) is 0 Å². The van der Waals surface area contributed by atoms with Crippen molar-refractivity contribution in [2.75, 3.05) is 7.05 Å². The van der Waals surface area contributed by atoms with Gasteiger partial charge >= 0.3 is 5.63 Å². The summed E-state index contributed by atoms with van der Waals surface area (Å²) in [4.78, 5) is 14.1. The van der Waals surface area contributed by atoms with Crippen molar-refractivity contribution in [2.45, 2.75) is 43.9 Å². The third-order valence-electron chi connectivity index (χ3n) is 5.02. The van der Waals surface area contributed by atoms with E-state index in [9.17, 15) is 4.79 Å². The lowest BCUT2D eigenvalue weighted by atomic mass is 10.0. The molecule has 2 saturated heterocycles. The Hall–Kier alpha value is -1.04. The first kappa shape index (κ1) is 16.8. The highest BCUT2D eigenvalue weighted by Gasteiger charge is 2.39. The van der Waals surface area contributed by atoms with Crippen LogP contribution < -0.4 is 10.4 Å². The van der Waals surface area contributed by atoms with Gasteiger partial charge in [0.2, 0.25) is 0 Å². The van der Waals surface area contributed by atoms with Gasteiger partial charge in [-0.05, 0) is 66.9 Å². The summed E-state index contributed by atoms with van der Waals surface area (Å²) >= 11 is 3.20. The van der Waals surface area contributed by atoms with Crippen molar-refractivity contribution in [2.24, 2.45) is 0 Å². The van der Waals surface area contributed by atoms with E-state index < -0.39 is 0 Å². The first-order valence-electron chi connectivity index (χ1n) is 7.72. The highest BCUT2D eigenvalue weighted by Crippen LogP contribution is 2.36. The number of halogens is 2. The van der Waals surface area contributed by atoms with Crippen LogP contribution in [0.4, 0.5) is 0 Å². The molecule has 2 aromatic rings. The molecule has 2 unspecified atom stereocenters. The Morgan fingerprint density at radius 2 is 1.91 bits per heavy atom. The molecule has 2 aliphatic rings. The van der Waals surface area contributed by atoms with Crippen molar-refractivity contribution >= 4 is 39.3 Å². The number of hydrogen-bond donors (Lipinski definition) is 0. The molecule has 1 aromatic heterocycles. The van der Waals surface area contributed by atoms with E-state index in [-0.39, 0.29) is 24.1 Å². The van der Waals surface area contributed by atoms with Crippen molar-refractivity contribution in [1.29, 1.82) is 0 Å². The van der Waals surface area contributed by atoms with E-state index in [1.807, 2.05) is 18.2 Å². The second kappa shape index (κ2) is 6.46. The first-order chi connectivity index (χ1) is 10.6. The van der Waals surface area contributed by atoms with Gasteiger partial charge in [-0.2, -0.15) is 0 Å². The molecule has 6 heteroatoms. The Morgan fingerprint density at radius 1 is 1.22 bits per heavy atom. The van der Waals surface area contributed by atoms with Crippen LogP contribution in [0.15, 0.2) is 37.9 Å². The molecular weight excluding hydrogens is 382 g/mol. The highest BCUT2D eigenvalue weighted by molar-refractivity contribution is 9.10. The predicted molar refractivity (Wildman–Crippen MR) is 95.7 cm³/mol. The summed E-state index contributed by atoms with van der Waals surface area (Å²) in [5.74, 6) is 0.784. The molecular formula is C17H19BrClNO3. The van der Waals surface area contributed by atoms with Crippen LogP contribution in [0, 0.1) is 0 Å². The molecule has 2 aliphatic heterocycles. The quantitative estimate of drug-likeness (QED) is 0.715. The van der Waals surface area contributed by atoms with E-state index in [0.29, 0.717) is 22.1 Å². The molecule has 0 radical (unpaired) electrons. The first-order valence-corrected chi connectivity index (χ1v) is 8.51. The molecule has 0 amide bonds. The molecule has 124 valence electrons. The summed E-state index contributed by atoms with van der Waals surface area (Å²) in [6.07, 6.45) is 4.97. The molecule has 0 aliphatic carbocycles. The van der Waals surface area contributed by atoms with E-state index in [2.05, 4.69) is 27.9 Å². The molecule has 4 rings (SSSR count). The molecule has 0 spiro atoms.